The lowest BCUT2D eigenvalue weighted by atomic mass is 9.91. The molecular weight excluding hydrogens is 360 g/mol. The van der Waals surface area contributed by atoms with E-state index in [4.69, 9.17) is 14.6 Å². The maximum Gasteiger partial charge on any atom is 0.340 e. The van der Waals surface area contributed by atoms with E-state index < -0.39 is 21.4 Å². The highest BCUT2D eigenvalue weighted by Crippen LogP contribution is 2.26. The fourth-order valence-electron chi connectivity index (χ4n) is 2.36. The average molecular weight is 384 g/mol. The molecule has 9 heteroatoms. The molecule has 26 heavy (non-hydrogen) atoms. The second-order valence-corrected chi connectivity index (χ2v) is 8.63. The summed E-state index contributed by atoms with van der Waals surface area (Å²) in [4.78, 5) is 26.3. The molecule has 1 aliphatic heterocycles. The molecule has 0 amide bonds. The normalized spacial score (nSPS) is 15.6. The highest BCUT2D eigenvalue weighted by Gasteiger charge is 2.26. The maximum absolute atomic E-state index is 12.6. The van der Waals surface area contributed by atoms with Crippen molar-refractivity contribution in [3.05, 3.63) is 23.8 Å². The van der Waals surface area contributed by atoms with Crippen molar-refractivity contribution in [1.29, 1.82) is 0 Å². The summed E-state index contributed by atoms with van der Waals surface area (Å²) in [5.74, 6) is -1.00. The van der Waals surface area contributed by atoms with Crippen molar-refractivity contribution in [2.24, 2.45) is 10.6 Å². The minimum atomic E-state index is -3.98. The molecule has 144 valence electrons. The lowest BCUT2D eigenvalue weighted by Gasteiger charge is -2.30. The molecule has 2 rings (SSSR count). The molecule has 0 aliphatic carbocycles. The van der Waals surface area contributed by atoms with Crippen LogP contribution in [0.2, 0.25) is 0 Å². The van der Waals surface area contributed by atoms with Crippen molar-refractivity contribution < 1.29 is 27.5 Å². The number of nitrogens with zero attached hydrogens (tertiary/aromatic N) is 1. The second kappa shape index (κ2) is 7.73. The number of hydrogen-bond donors (Lipinski definition) is 1. The Morgan fingerprint density at radius 1 is 1.23 bits per heavy atom. The van der Waals surface area contributed by atoms with Gasteiger partial charge in [-0.3, -0.25) is 4.79 Å². The standard InChI is InChI=1S/C17H24N2O6S/c1-17(2,3)15(20)11-25-16(21)13-10-12(26(18,22)23)4-5-14(13)19-6-8-24-9-7-19/h4-5,10H,6-9,11H2,1-3H3,(H2,18,22,23). The maximum atomic E-state index is 12.6. The van der Waals surface area contributed by atoms with Gasteiger partial charge in [0.15, 0.2) is 12.4 Å². The number of nitrogens with two attached hydrogens (primary N) is 1. The van der Waals surface area contributed by atoms with E-state index in [0.29, 0.717) is 32.0 Å². The third-order valence-electron chi connectivity index (χ3n) is 4.04. The molecule has 0 bridgehead atoms. The van der Waals surface area contributed by atoms with Crippen LogP contribution in [0.1, 0.15) is 31.1 Å². The van der Waals surface area contributed by atoms with Crippen LogP contribution < -0.4 is 10.0 Å². The number of ketones is 1. The van der Waals surface area contributed by atoms with Gasteiger partial charge in [-0.2, -0.15) is 0 Å². The lowest BCUT2D eigenvalue weighted by molar-refractivity contribution is -0.129. The van der Waals surface area contributed by atoms with Gasteiger partial charge in [0.25, 0.3) is 0 Å². The van der Waals surface area contributed by atoms with Gasteiger partial charge in [-0.1, -0.05) is 20.8 Å². The number of hydrogen-bond acceptors (Lipinski definition) is 7. The summed E-state index contributed by atoms with van der Waals surface area (Å²) >= 11 is 0. The first-order chi connectivity index (χ1) is 12.0. The molecule has 0 radical (unpaired) electrons. The number of anilines is 1. The Labute approximate surface area is 153 Å². The summed E-state index contributed by atoms with van der Waals surface area (Å²) in [5, 5.41) is 5.17. The number of primary sulfonamides is 1. The smallest absolute Gasteiger partial charge is 0.340 e. The van der Waals surface area contributed by atoms with E-state index in [9.17, 15) is 18.0 Å². The molecule has 0 spiro atoms. The van der Waals surface area contributed by atoms with Gasteiger partial charge in [0.2, 0.25) is 10.0 Å². The molecule has 0 saturated carbocycles. The van der Waals surface area contributed by atoms with Crippen LogP contribution in [0, 0.1) is 5.41 Å². The number of Topliss-reactive ketones (excluding diaryl/α,β-unsaturated/α-hetero) is 1. The molecule has 2 N–H and O–H groups in total. The minimum absolute atomic E-state index is 0.0557. The molecule has 1 fully saturated rings. The number of rotatable bonds is 5. The van der Waals surface area contributed by atoms with Crippen LogP contribution in [0.3, 0.4) is 0 Å². The van der Waals surface area contributed by atoms with Crippen LogP contribution in [0.5, 0.6) is 0 Å². The van der Waals surface area contributed by atoms with Gasteiger partial charge >= 0.3 is 5.97 Å². The summed E-state index contributed by atoms with van der Waals surface area (Å²) in [6, 6.07) is 4.05. The van der Waals surface area contributed by atoms with Crippen LogP contribution in [-0.2, 0) is 24.3 Å². The fourth-order valence-corrected chi connectivity index (χ4v) is 2.90. The summed E-state index contributed by atoms with van der Waals surface area (Å²) in [6.07, 6.45) is 0. The monoisotopic (exact) mass is 384 g/mol. The Bertz CT molecular complexity index is 792. The van der Waals surface area contributed by atoms with E-state index in [1.54, 1.807) is 20.8 Å². The predicted octanol–water partition coefficient (Wildman–Crippen LogP) is 0.943. The average Bonchev–Trinajstić information content (AvgIpc) is 2.58. The van der Waals surface area contributed by atoms with Gasteiger partial charge in [-0.15, -0.1) is 0 Å². The zero-order valence-corrected chi connectivity index (χ0v) is 16.0. The van der Waals surface area contributed by atoms with E-state index in [2.05, 4.69) is 0 Å². The Morgan fingerprint density at radius 2 is 1.85 bits per heavy atom. The highest BCUT2D eigenvalue weighted by molar-refractivity contribution is 7.89. The number of sulfonamides is 1. The van der Waals surface area contributed by atoms with Gasteiger partial charge < -0.3 is 14.4 Å². The first-order valence-electron chi connectivity index (χ1n) is 8.20. The van der Waals surface area contributed by atoms with Crippen LogP contribution in [0.4, 0.5) is 5.69 Å². The van der Waals surface area contributed by atoms with Crippen molar-refractivity contribution in [2.45, 2.75) is 25.7 Å². The van der Waals surface area contributed by atoms with Crippen LogP contribution in [0.25, 0.3) is 0 Å². The quantitative estimate of drug-likeness (QED) is 0.751. The van der Waals surface area contributed by atoms with Crippen molar-refractivity contribution in [3.63, 3.8) is 0 Å². The number of ether oxygens (including phenoxy) is 2. The molecule has 8 nitrogen and oxygen atoms in total. The number of morpholine rings is 1. The predicted molar refractivity (Wildman–Crippen MR) is 95.6 cm³/mol. The number of esters is 1. The summed E-state index contributed by atoms with van der Waals surface area (Å²) < 4.78 is 33.7. The Hall–Kier alpha value is -1.97. The molecule has 0 atom stereocenters. The van der Waals surface area contributed by atoms with Crippen LogP contribution in [-0.4, -0.2) is 53.1 Å². The Balaban J connectivity index is 2.32. The van der Waals surface area contributed by atoms with E-state index >= 15 is 0 Å². The molecule has 1 saturated heterocycles. The van der Waals surface area contributed by atoms with Gasteiger partial charge in [0, 0.05) is 18.5 Å². The molecule has 1 aliphatic rings. The topological polar surface area (TPSA) is 116 Å². The molecular formula is C17H24N2O6S. The van der Waals surface area contributed by atoms with E-state index in [-0.39, 0.29) is 22.8 Å². The Morgan fingerprint density at radius 3 is 2.38 bits per heavy atom. The molecule has 0 unspecified atom stereocenters. The number of carbonyl (C=O) groups is 2. The van der Waals surface area contributed by atoms with Crippen molar-refractivity contribution in [2.75, 3.05) is 37.8 Å². The second-order valence-electron chi connectivity index (χ2n) is 7.07. The molecule has 1 aromatic carbocycles. The largest absolute Gasteiger partial charge is 0.454 e. The SMILES string of the molecule is CC(C)(C)C(=O)COC(=O)c1cc(S(N)(=O)=O)ccc1N1CCOCC1. The molecule has 1 heterocycles. The summed E-state index contributed by atoms with van der Waals surface area (Å²) in [5.41, 5.74) is -0.0653. The van der Waals surface area contributed by atoms with Crippen LogP contribution in [0.15, 0.2) is 23.1 Å². The Kier molecular flexibility index (Phi) is 6.05. The zero-order valence-electron chi connectivity index (χ0n) is 15.1. The van der Waals surface area contributed by atoms with Gasteiger partial charge in [0.1, 0.15) is 0 Å². The summed E-state index contributed by atoms with van der Waals surface area (Å²) in [6.45, 7) is 6.88. The van der Waals surface area contributed by atoms with Crippen LogP contribution >= 0.6 is 0 Å². The van der Waals surface area contributed by atoms with E-state index in [1.807, 2.05) is 4.90 Å². The zero-order chi connectivity index (χ0) is 19.5. The highest BCUT2D eigenvalue weighted by atomic mass is 32.2. The van der Waals surface area contributed by atoms with Gasteiger partial charge in [0.05, 0.1) is 29.4 Å². The van der Waals surface area contributed by atoms with E-state index in [1.165, 1.54) is 18.2 Å². The third-order valence-corrected chi connectivity index (χ3v) is 4.95. The number of benzene rings is 1. The van der Waals surface area contributed by atoms with E-state index in [0.717, 1.165) is 0 Å². The first kappa shape index (κ1) is 20.3. The third kappa shape index (κ3) is 5.03. The van der Waals surface area contributed by atoms with Crippen molar-refractivity contribution in [3.8, 4) is 0 Å². The first-order valence-corrected chi connectivity index (χ1v) is 9.75. The van der Waals surface area contributed by atoms with Gasteiger partial charge in [-0.25, -0.2) is 18.4 Å². The minimum Gasteiger partial charge on any atom is -0.454 e. The summed E-state index contributed by atoms with van der Waals surface area (Å²) in [7, 11) is -3.98. The van der Waals surface area contributed by atoms with Crippen molar-refractivity contribution >= 4 is 27.5 Å². The van der Waals surface area contributed by atoms with Crippen molar-refractivity contribution in [1.82, 2.24) is 0 Å². The molecule has 0 aromatic heterocycles. The fraction of sp³-hybridized carbons (Fsp3) is 0.529. The van der Waals surface area contributed by atoms with Gasteiger partial charge in [-0.05, 0) is 18.2 Å². The lowest BCUT2D eigenvalue weighted by Crippen LogP contribution is -2.37. The number of carbonyl (C=O) groups excluding carboxylic acids is 2. The molecule has 1 aromatic rings.